The summed E-state index contributed by atoms with van der Waals surface area (Å²) >= 11 is 0. The molecule has 1 aromatic carbocycles. The Bertz CT molecular complexity index is 579. The number of halogens is 1. The average Bonchev–Trinajstić information content (AvgIpc) is 2.78. The molecule has 0 saturated carbocycles. The molecule has 1 heterocycles. The smallest absolute Gasteiger partial charge is 0.191 e. The number of aliphatic imine (C=N–C) groups is 1. The van der Waals surface area contributed by atoms with Crippen molar-refractivity contribution >= 4 is 29.9 Å². The van der Waals surface area contributed by atoms with Gasteiger partial charge in [-0.25, -0.2) is 0 Å². The molecule has 31 heavy (non-hydrogen) atoms. The van der Waals surface area contributed by atoms with E-state index >= 15 is 0 Å². The van der Waals surface area contributed by atoms with Crippen molar-refractivity contribution in [2.45, 2.75) is 51.7 Å². The molecule has 1 fully saturated rings. The maximum atomic E-state index is 6.11. The predicted octanol–water partition coefficient (Wildman–Crippen LogP) is 3.57. The van der Waals surface area contributed by atoms with E-state index in [-0.39, 0.29) is 24.0 Å². The van der Waals surface area contributed by atoms with Crippen molar-refractivity contribution in [2.24, 2.45) is 4.99 Å². The van der Waals surface area contributed by atoms with Crippen LogP contribution in [0, 0.1) is 0 Å². The number of hydrogen-bond acceptors (Lipinski definition) is 4. The van der Waals surface area contributed by atoms with E-state index in [0.717, 1.165) is 77.6 Å². The SMILES string of the molecule is CCCCN(C)CCNC(=NC)NCCCOC1CCN(Cc2ccccc2)CC1.I. The molecule has 6 nitrogen and oxygen atoms in total. The molecule has 178 valence electrons. The molecule has 0 spiro atoms. The van der Waals surface area contributed by atoms with Crippen molar-refractivity contribution in [3.05, 3.63) is 35.9 Å². The summed E-state index contributed by atoms with van der Waals surface area (Å²) in [6, 6.07) is 10.7. The Hall–Kier alpha value is -0.900. The molecule has 7 heteroatoms. The summed E-state index contributed by atoms with van der Waals surface area (Å²) in [5, 5.41) is 6.78. The molecule has 2 N–H and O–H groups in total. The van der Waals surface area contributed by atoms with Gasteiger partial charge in [-0.3, -0.25) is 9.89 Å². The van der Waals surface area contributed by atoms with Crippen LogP contribution in [0.3, 0.4) is 0 Å². The number of hydrogen-bond donors (Lipinski definition) is 2. The van der Waals surface area contributed by atoms with Crippen LogP contribution in [-0.4, -0.2) is 81.8 Å². The van der Waals surface area contributed by atoms with Crippen molar-refractivity contribution in [1.82, 2.24) is 20.4 Å². The van der Waals surface area contributed by atoms with E-state index in [1.807, 2.05) is 7.05 Å². The largest absolute Gasteiger partial charge is 0.378 e. The van der Waals surface area contributed by atoms with Crippen molar-refractivity contribution in [1.29, 1.82) is 0 Å². The first-order chi connectivity index (χ1) is 14.7. The van der Waals surface area contributed by atoms with Crippen molar-refractivity contribution < 1.29 is 4.74 Å². The Labute approximate surface area is 207 Å². The second-order valence-electron chi connectivity index (χ2n) is 8.27. The monoisotopic (exact) mass is 545 g/mol. The number of rotatable bonds is 13. The lowest BCUT2D eigenvalue weighted by Gasteiger charge is -2.32. The Morgan fingerprint density at radius 3 is 2.48 bits per heavy atom. The second-order valence-corrected chi connectivity index (χ2v) is 8.27. The summed E-state index contributed by atoms with van der Waals surface area (Å²) < 4.78 is 6.11. The van der Waals surface area contributed by atoms with Gasteiger partial charge >= 0.3 is 0 Å². The van der Waals surface area contributed by atoms with Crippen LogP contribution in [0.2, 0.25) is 0 Å². The average molecular weight is 546 g/mol. The normalized spacial score (nSPS) is 15.7. The standard InChI is InChI=1S/C24H43N5O.HI/c1-4-5-16-28(3)19-15-27-24(25-2)26-14-9-20-30-23-12-17-29(18-13-23)21-22-10-7-6-8-11-22;/h6-8,10-11,23H,4-5,9,12-21H2,1-3H3,(H2,25,26,27);1H. The number of ether oxygens (including phenoxy) is 1. The molecule has 0 radical (unpaired) electrons. The summed E-state index contributed by atoms with van der Waals surface area (Å²) in [5.41, 5.74) is 1.40. The first kappa shape index (κ1) is 28.1. The highest BCUT2D eigenvalue weighted by Gasteiger charge is 2.19. The van der Waals surface area contributed by atoms with Crippen LogP contribution in [0.5, 0.6) is 0 Å². The number of unbranched alkanes of at least 4 members (excludes halogenated alkanes) is 1. The van der Waals surface area contributed by atoms with Gasteiger partial charge in [0.1, 0.15) is 0 Å². The molecule has 1 saturated heterocycles. The zero-order valence-electron chi connectivity index (χ0n) is 19.8. The number of likely N-dealkylation sites (N-methyl/N-ethyl adjacent to an activating group) is 1. The zero-order chi connectivity index (χ0) is 21.4. The van der Waals surface area contributed by atoms with Crippen LogP contribution in [0.1, 0.15) is 44.6 Å². The molecule has 0 atom stereocenters. The highest BCUT2D eigenvalue weighted by molar-refractivity contribution is 14.0. The van der Waals surface area contributed by atoms with Gasteiger partial charge in [-0.15, -0.1) is 24.0 Å². The number of guanidine groups is 1. The first-order valence-electron chi connectivity index (χ1n) is 11.7. The maximum absolute atomic E-state index is 6.11. The summed E-state index contributed by atoms with van der Waals surface area (Å²) in [5.74, 6) is 0.883. The topological polar surface area (TPSA) is 52.1 Å². The molecule has 0 aliphatic carbocycles. The fourth-order valence-corrected chi connectivity index (χ4v) is 3.73. The fraction of sp³-hybridized carbons (Fsp3) is 0.708. The van der Waals surface area contributed by atoms with Gasteiger partial charge in [-0.2, -0.15) is 0 Å². The van der Waals surface area contributed by atoms with E-state index in [1.165, 1.54) is 18.4 Å². The predicted molar refractivity (Wildman–Crippen MR) is 142 cm³/mol. The van der Waals surface area contributed by atoms with E-state index in [9.17, 15) is 0 Å². The lowest BCUT2D eigenvalue weighted by Crippen LogP contribution is -2.41. The van der Waals surface area contributed by atoms with Gasteiger partial charge in [0.15, 0.2) is 5.96 Å². The van der Waals surface area contributed by atoms with E-state index in [1.54, 1.807) is 0 Å². The summed E-state index contributed by atoms with van der Waals surface area (Å²) in [6.07, 6.45) is 6.18. The van der Waals surface area contributed by atoms with Gasteiger partial charge in [0.05, 0.1) is 6.10 Å². The van der Waals surface area contributed by atoms with Crippen LogP contribution in [0.15, 0.2) is 35.3 Å². The first-order valence-corrected chi connectivity index (χ1v) is 11.7. The lowest BCUT2D eigenvalue weighted by molar-refractivity contribution is 0.00534. The molecular formula is C24H44IN5O. The van der Waals surface area contributed by atoms with E-state index in [2.05, 4.69) is 69.7 Å². The Morgan fingerprint density at radius 2 is 1.81 bits per heavy atom. The van der Waals surface area contributed by atoms with E-state index in [4.69, 9.17) is 4.74 Å². The second kappa shape index (κ2) is 17.6. The van der Waals surface area contributed by atoms with Gasteiger partial charge in [-0.1, -0.05) is 43.7 Å². The van der Waals surface area contributed by atoms with Crippen LogP contribution in [0.4, 0.5) is 0 Å². The molecular weight excluding hydrogens is 501 g/mol. The minimum absolute atomic E-state index is 0. The molecule has 1 aliphatic rings. The Kier molecular flexibility index (Phi) is 16.0. The van der Waals surface area contributed by atoms with E-state index in [0.29, 0.717) is 6.10 Å². The third kappa shape index (κ3) is 12.7. The molecule has 0 aromatic heterocycles. The van der Waals surface area contributed by atoms with Gasteiger partial charge in [-0.05, 0) is 44.8 Å². The number of piperidine rings is 1. The number of benzene rings is 1. The number of nitrogens with one attached hydrogen (secondary N) is 2. The zero-order valence-corrected chi connectivity index (χ0v) is 22.1. The Balaban J connectivity index is 0.00000480. The van der Waals surface area contributed by atoms with Crippen LogP contribution >= 0.6 is 24.0 Å². The third-order valence-electron chi connectivity index (χ3n) is 5.65. The minimum atomic E-state index is 0. The molecule has 0 unspecified atom stereocenters. The lowest BCUT2D eigenvalue weighted by atomic mass is 10.1. The molecule has 2 rings (SSSR count). The maximum Gasteiger partial charge on any atom is 0.191 e. The molecule has 0 bridgehead atoms. The molecule has 1 aromatic rings. The summed E-state index contributed by atoms with van der Waals surface area (Å²) in [7, 11) is 4.01. The quantitative estimate of drug-likeness (QED) is 0.172. The highest BCUT2D eigenvalue weighted by Crippen LogP contribution is 2.16. The van der Waals surface area contributed by atoms with Gasteiger partial charge < -0.3 is 20.3 Å². The number of nitrogens with zero attached hydrogens (tertiary/aromatic N) is 3. The third-order valence-corrected chi connectivity index (χ3v) is 5.65. The van der Waals surface area contributed by atoms with E-state index < -0.39 is 0 Å². The van der Waals surface area contributed by atoms with Crippen LogP contribution in [-0.2, 0) is 11.3 Å². The van der Waals surface area contributed by atoms with Crippen molar-refractivity contribution in [2.75, 3.05) is 60.0 Å². The minimum Gasteiger partial charge on any atom is -0.378 e. The molecule has 1 aliphatic heterocycles. The molecule has 0 amide bonds. The van der Waals surface area contributed by atoms with Gasteiger partial charge in [0, 0.05) is 52.9 Å². The van der Waals surface area contributed by atoms with Crippen LogP contribution in [0.25, 0.3) is 0 Å². The number of likely N-dealkylation sites (tertiary alicyclic amines) is 1. The highest BCUT2D eigenvalue weighted by atomic mass is 127. The van der Waals surface area contributed by atoms with Crippen molar-refractivity contribution in [3.63, 3.8) is 0 Å². The fourth-order valence-electron chi connectivity index (χ4n) is 3.73. The Morgan fingerprint density at radius 1 is 1.10 bits per heavy atom. The summed E-state index contributed by atoms with van der Waals surface area (Å²) in [4.78, 5) is 9.20. The van der Waals surface area contributed by atoms with Gasteiger partial charge in [0.25, 0.3) is 0 Å². The van der Waals surface area contributed by atoms with Crippen molar-refractivity contribution in [3.8, 4) is 0 Å². The van der Waals surface area contributed by atoms with Gasteiger partial charge in [0.2, 0.25) is 0 Å². The summed E-state index contributed by atoms with van der Waals surface area (Å²) in [6.45, 7) is 10.3. The van der Waals surface area contributed by atoms with Crippen LogP contribution < -0.4 is 10.6 Å².